The van der Waals surface area contributed by atoms with Crippen molar-refractivity contribution in [2.24, 2.45) is 0 Å². The van der Waals surface area contributed by atoms with Gasteiger partial charge >= 0.3 is 0 Å². The molecule has 0 aliphatic heterocycles. The van der Waals surface area contributed by atoms with Gasteiger partial charge in [0, 0.05) is 20.1 Å². The highest BCUT2D eigenvalue weighted by molar-refractivity contribution is 7.92. The minimum Gasteiger partial charge on any atom is -0.395 e. The van der Waals surface area contributed by atoms with E-state index in [0.29, 0.717) is 25.1 Å². The zero-order valence-electron chi connectivity index (χ0n) is 11.3. The molecule has 0 fully saturated rings. The van der Waals surface area contributed by atoms with Crippen LogP contribution < -0.4 is 4.72 Å². The number of hydrogen-bond donors (Lipinski definition) is 2. The second-order valence-electron chi connectivity index (χ2n) is 3.95. The average Bonchev–Trinajstić information content (AvgIpc) is 2.39. The summed E-state index contributed by atoms with van der Waals surface area (Å²) in [7, 11) is -1.91. The van der Waals surface area contributed by atoms with Gasteiger partial charge in [-0.25, -0.2) is 13.4 Å². The molecule has 0 aliphatic carbocycles. The van der Waals surface area contributed by atoms with Crippen LogP contribution in [-0.2, 0) is 14.8 Å². The average molecular weight is 298 g/mol. The molecule has 0 saturated carbocycles. The van der Waals surface area contributed by atoms with Crippen LogP contribution in [0.25, 0.3) is 0 Å². The van der Waals surface area contributed by atoms with Crippen molar-refractivity contribution in [3.8, 4) is 11.8 Å². The maximum Gasteiger partial charge on any atom is 0.233 e. The summed E-state index contributed by atoms with van der Waals surface area (Å²) in [5.74, 6) is 5.68. The highest BCUT2D eigenvalue weighted by Gasteiger charge is 2.10. The SMILES string of the molecule is COCCCS(=O)(=O)Nc1cccc(C#CCCO)n1. The van der Waals surface area contributed by atoms with Crippen molar-refractivity contribution < 1.29 is 18.3 Å². The van der Waals surface area contributed by atoms with E-state index >= 15 is 0 Å². The minimum absolute atomic E-state index is 0.0151. The number of nitrogens with one attached hydrogen (secondary N) is 1. The van der Waals surface area contributed by atoms with Crippen LogP contribution in [0.5, 0.6) is 0 Å². The second-order valence-corrected chi connectivity index (χ2v) is 5.79. The topological polar surface area (TPSA) is 88.5 Å². The molecule has 0 amide bonds. The van der Waals surface area contributed by atoms with Crippen LogP contribution in [0.3, 0.4) is 0 Å². The molecule has 1 rings (SSSR count). The van der Waals surface area contributed by atoms with E-state index in [1.54, 1.807) is 18.2 Å². The number of hydrogen-bond acceptors (Lipinski definition) is 5. The molecular formula is C13H18N2O4S. The molecule has 1 aromatic heterocycles. The quantitative estimate of drug-likeness (QED) is 0.568. The Labute approximate surface area is 119 Å². The molecule has 1 heterocycles. The predicted molar refractivity (Wildman–Crippen MR) is 76.7 cm³/mol. The number of aliphatic hydroxyl groups is 1. The van der Waals surface area contributed by atoms with Gasteiger partial charge in [0.1, 0.15) is 11.5 Å². The minimum atomic E-state index is -3.43. The van der Waals surface area contributed by atoms with E-state index in [1.807, 2.05) is 0 Å². The monoisotopic (exact) mass is 298 g/mol. The molecule has 0 radical (unpaired) electrons. The second kappa shape index (κ2) is 8.53. The number of methoxy groups -OCH3 is 1. The van der Waals surface area contributed by atoms with Crippen molar-refractivity contribution in [2.45, 2.75) is 12.8 Å². The zero-order chi connectivity index (χ0) is 14.8. The smallest absolute Gasteiger partial charge is 0.233 e. The fourth-order valence-corrected chi connectivity index (χ4v) is 2.41. The third-order valence-corrected chi connectivity index (χ3v) is 3.57. The summed E-state index contributed by atoms with van der Waals surface area (Å²) in [6.45, 7) is 0.375. The van der Waals surface area contributed by atoms with Crippen molar-refractivity contribution in [2.75, 3.05) is 30.8 Å². The number of sulfonamides is 1. The molecule has 0 bridgehead atoms. The Hall–Kier alpha value is -1.62. The van der Waals surface area contributed by atoms with Gasteiger partial charge in [-0.15, -0.1) is 0 Å². The number of nitrogens with zero attached hydrogens (tertiary/aromatic N) is 1. The van der Waals surface area contributed by atoms with Crippen LogP contribution in [0, 0.1) is 11.8 Å². The van der Waals surface area contributed by atoms with Gasteiger partial charge in [-0.05, 0) is 24.5 Å². The van der Waals surface area contributed by atoms with Gasteiger partial charge in [-0.1, -0.05) is 12.0 Å². The lowest BCUT2D eigenvalue weighted by atomic mass is 10.3. The number of aromatic nitrogens is 1. The number of pyridine rings is 1. The van der Waals surface area contributed by atoms with Gasteiger partial charge in [0.2, 0.25) is 10.0 Å². The fourth-order valence-electron chi connectivity index (χ4n) is 1.37. The van der Waals surface area contributed by atoms with E-state index in [1.165, 1.54) is 7.11 Å². The Morgan fingerprint density at radius 1 is 1.45 bits per heavy atom. The molecule has 20 heavy (non-hydrogen) atoms. The van der Waals surface area contributed by atoms with Crippen LogP contribution in [0.15, 0.2) is 18.2 Å². The first-order valence-electron chi connectivity index (χ1n) is 6.13. The summed E-state index contributed by atoms with van der Waals surface area (Å²) in [4.78, 5) is 4.08. The van der Waals surface area contributed by atoms with Crippen molar-refractivity contribution >= 4 is 15.8 Å². The highest BCUT2D eigenvalue weighted by atomic mass is 32.2. The summed E-state index contributed by atoms with van der Waals surface area (Å²) in [5, 5.41) is 8.63. The molecule has 0 unspecified atom stereocenters. The summed E-state index contributed by atoms with van der Waals surface area (Å²) in [6, 6.07) is 4.90. The Bertz CT molecular complexity index is 576. The summed E-state index contributed by atoms with van der Waals surface area (Å²) in [5.41, 5.74) is 0.454. The van der Waals surface area contributed by atoms with Crippen molar-refractivity contribution in [3.63, 3.8) is 0 Å². The van der Waals surface area contributed by atoms with E-state index in [0.717, 1.165) is 0 Å². The maximum atomic E-state index is 11.8. The van der Waals surface area contributed by atoms with Crippen molar-refractivity contribution in [1.29, 1.82) is 0 Å². The maximum absolute atomic E-state index is 11.8. The lowest BCUT2D eigenvalue weighted by Crippen LogP contribution is -2.18. The first kappa shape index (κ1) is 16.4. The molecular weight excluding hydrogens is 280 g/mol. The van der Waals surface area contributed by atoms with Crippen LogP contribution in [-0.4, -0.2) is 44.6 Å². The molecule has 0 saturated heterocycles. The zero-order valence-corrected chi connectivity index (χ0v) is 12.1. The fraction of sp³-hybridized carbons (Fsp3) is 0.462. The summed E-state index contributed by atoms with van der Waals surface area (Å²) >= 11 is 0. The van der Waals surface area contributed by atoms with Crippen LogP contribution in [0.4, 0.5) is 5.82 Å². The molecule has 1 aromatic rings. The lowest BCUT2D eigenvalue weighted by Gasteiger charge is -2.07. The van der Waals surface area contributed by atoms with E-state index in [-0.39, 0.29) is 18.2 Å². The summed E-state index contributed by atoms with van der Waals surface area (Å²) in [6.07, 6.45) is 0.774. The third-order valence-electron chi connectivity index (χ3n) is 2.22. The third kappa shape index (κ3) is 6.52. The van der Waals surface area contributed by atoms with Gasteiger partial charge < -0.3 is 9.84 Å². The predicted octanol–water partition coefficient (Wildman–Crippen LogP) is 0.594. The van der Waals surface area contributed by atoms with Gasteiger partial charge in [0.15, 0.2) is 0 Å². The first-order valence-corrected chi connectivity index (χ1v) is 7.79. The number of rotatable bonds is 7. The summed E-state index contributed by atoms with van der Waals surface area (Å²) < 4.78 is 30.8. The van der Waals surface area contributed by atoms with Crippen molar-refractivity contribution in [3.05, 3.63) is 23.9 Å². The molecule has 7 heteroatoms. The van der Waals surface area contributed by atoms with Gasteiger partial charge in [-0.2, -0.15) is 0 Å². The van der Waals surface area contributed by atoms with E-state index < -0.39 is 10.0 Å². The van der Waals surface area contributed by atoms with Crippen molar-refractivity contribution in [1.82, 2.24) is 4.98 Å². The normalized spacial score (nSPS) is 10.7. The number of anilines is 1. The molecule has 0 aliphatic rings. The molecule has 110 valence electrons. The molecule has 2 N–H and O–H groups in total. The molecule has 0 spiro atoms. The Morgan fingerprint density at radius 2 is 2.25 bits per heavy atom. The van der Waals surface area contributed by atoms with E-state index in [9.17, 15) is 8.42 Å². The lowest BCUT2D eigenvalue weighted by molar-refractivity contribution is 0.199. The van der Waals surface area contributed by atoms with E-state index in [2.05, 4.69) is 21.5 Å². The van der Waals surface area contributed by atoms with E-state index in [4.69, 9.17) is 9.84 Å². The van der Waals surface area contributed by atoms with Crippen LogP contribution >= 0.6 is 0 Å². The Kier molecular flexibility index (Phi) is 7.01. The molecule has 0 aromatic carbocycles. The van der Waals surface area contributed by atoms with Crippen LogP contribution in [0.2, 0.25) is 0 Å². The van der Waals surface area contributed by atoms with Gasteiger partial charge in [0.05, 0.1) is 12.4 Å². The molecule has 6 nitrogen and oxygen atoms in total. The van der Waals surface area contributed by atoms with Gasteiger partial charge in [-0.3, -0.25) is 4.72 Å². The van der Waals surface area contributed by atoms with Crippen LogP contribution in [0.1, 0.15) is 18.5 Å². The highest BCUT2D eigenvalue weighted by Crippen LogP contribution is 2.07. The largest absolute Gasteiger partial charge is 0.395 e. The standard InChI is InChI=1S/C13H18N2O4S/c1-19-10-5-11-20(17,18)15-13-8-4-7-12(14-13)6-2-3-9-16/h4,7-8,16H,3,5,9-11H2,1H3,(H,14,15). The Balaban J connectivity index is 2.68. The Morgan fingerprint density at radius 3 is 2.95 bits per heavy atom. The number of ether oxygens (including phenoxy) is 1. The number of aliphatic hydroxyl groups excluding tert-OH is 1. The molecule has 0 atom stereocenters. The first-order chi connectivity index (χ1) is 9.57. The van der Waals surface area contributed by atoms with Gasteiger partial charge in [0.25, 0.3) is 0 Å².